The van der Waals surface area contributed by atoms with Crippen molar-refractivity contribution in [3.05, 3.63) is 29.3 Å². The van der Waals surface area contributed by atoms with Gasteiger partial charge in [0.1, 0.15) is 11.5 Å². The Labute approximate surface area is 114 Å². The lowest BCUT2D eigenvalue weighted by Crippen LogP contribution is -2.23. The number of carbonyl (C=O) groups excluding carboxylic acids is 2. The summed E-state index contributed by atoms with van der Waals surface area (Å²) in [6, 6.07) is 5.96. The van der Waals surface area contributed by atoms with Gasteiger partial charge in [0.25, 0.3) is 0 Å². The Morgan fingerprint density at radius 1 is 1.26 bits per heavy atom. The Hall–Kier alpha value is -1.84. The van der Waals surface area contributed by atoms with Crippen molar-refractivity contribution in [2.75, 3.05) is 7.11 Å². The van der Waals surface area contributed by atoms with E-state index in [4.69, 9.17) is 4.74 Å². The van der Waals surface area contributed by atoms with Crippen molar-refractivity contribution in [1.29, 1.82) is 0 Å². The summed E-state index contributed by atoms with van der Waals surface area (Å²) in [5.74, 6) is 0.684. The highest BCUT2D eigenvalue weighted by Crippen LogP contribution is 2.20. The van der Waals surface area contributed by atoms with E-state index in [1.807, 2.05) is 18.2 Å². The first-order chi connectivity index (χ1) is 9.06. The van der Waals surface area contributed by atoms with Crippen LogP contribution in [0.1, 0.15) is 37.8 Å². The van der Waals surface area contributed by atoms with Crippen molar-refractivity contribution in [3.63, 3.8) is 0 Å². The van der Waals surface area contributed by atoms with Crippen LogP contribution in [0.15, 0.2) is 18.2 Å². The maximum absolute atomic E-state index is 11.6. The Kier molecular flexibility index (Phi) is 6.06. The summed E-state index contributed by atoms with van der Waals surface area (Å²) in [5, 5.41) is 2.81. The lowest BCUT2D eigenvalue weighted by Gasteiger charge is -2.11. The molecule has 1 N–H and O–H groups in total. The lowest BCUT2D eigenvalue weighted by molar-refractivity contribution is -0.124. The first-order valence-corrected chi connectivity index (χ1v) is 6.48. The van der Waals surface area contributed by atoms with Crippen molar-refractivity contribution < 1.29 is 14.3 Å². The molecule has 0 aromatic heterocycles. The number of benzene rings is 1. The number of amides is 1. The third-order valence-electron chi connectivity index (χ3n) is 2.93. The predicted octanol–water partition coefficient (Wildman–Crippen LogP) is 2.24. The number of ketones is 1. The average molecular weight is 263 g/mol. The molecule has 0 saturated heterocycles. The molecule has 0 saturated carbocycles. The molecule has 0 aliphatic heterocycles. The zero-order valence-electron chi connectivity index (χ0n) is 11.8. The Morgan fingerprint density at radius 2 is 2.00 bits per heavy atom. The number of Topliss-reactive ketones (excluding diaryl/α,β-unsaturated/α-hetero) is 1. The first-order valence-electron chi connectivity index (χ1n) is 6.48. The van der Waals surface area contributed by atoms with Crippen molar-refractivity contribution in [1.82, 2.24) is 5.32 Å². The SMILES string of the molecule is CCc1ccc(OC)c(CNC(=O)CCC(C)=O)c1. The molecule has 19 heavy (non-hydrogen) atoms. The summed E-state index contributed by atoms with van der Waals surface area (Å²) in [6.45, 7) is 3.99. The Bertz CT molecular complexity index is 455. The molecular formula is C15H21NO3. The summed E-state index contributed by atoms with van der Waals surface area (Å²) in [6.07, 6.45) is 1.47. The van der Waals surface area contributed by atoms with Gasteiger partial charge in [-0.2, -0.15) is 0 Å². The molecule has 4 nitrogen and oxygen atoms in total. The molecule has 0 spiro atoms. The van der Waals surface area contributed by atoms with Crippen molar-refractivity contribution in [2.24, 2.45) is 0 Å². The van der Waals surface area contributed by atoms with Crippen LogP contribution in [0.4, 0.5) is 0 Å². The van der Waals surface area contributed by atoms with E-state index in [9.17, 15) is 9.59 Å². The van der Waals surface area contributed by atoms with Crippen molar-refractivity contribution >= 4 is 11.7 Å². The zero-order valence-corrected chi connectivity index (χ0v) is 11.8. The van der Waals surface area contributed by atoms with E-state index >= 15 is 0 Å². The van der Waals surface area contributed by atoms with Gasteiger partial charge in [0.2, 0.25) is 5.91 Å². The van der Waals surface area contributed by atoms with Crippen molar-refractivity contribution in [2.45, 2.75) is 39.7 Å². The van der Waals surface area contributed by atoms with Gasteiger partial charge < -0.3 is 14.8 Å². The van der Waals surface area contributed by atoms with E-state index in [1.165, 1.54) is 12.5 Å². The monoisotopic (exact) mass is 263 g/mol. The maximum atomic E-state index is 11.6. The molecule has 0 radical (unpaired) electrons. The van der Waals surface area contributed by atoms with Crippen LogP contribution in [0.5, 0.6) is 5.75 Å². The molecule has 0 atom stereocenters. The van der Waals surface area contributed by atoms with Crippen LogP contribution in [0.2, 0.25) is 0 Å². The summed E-state index contributed by atoms with van der Waals surface area (Å²) >= 11 is 0. The Balaban J connectivity index is 2.60. The molecule has 104 valence electrons. The molecule has 0 bridgehead atoms. The van der Waals surface area contributed by atoms with Gasteiger partial charge in [-0.25, -0.2) is 0 Å². The van der Waals surface area contributed by atoms with E-state index in [0.29, 0.717) is 6.54 Å². The molecule has 0 aliphatic carbocycles. The van der Waals surface area contributed by atoms with Crippen LogP contribution in [0, 0.1) is 0 Å². The third kappa shape index (κ3) is 5.12. The topological polar surface area (TPSA) is 55.4 Å². The zero-order chi connectivity index (χ0) is 14.3. The number of aryl methyl sites for hydroxylation is 1. The van der Waals surface area contributed by atoms with Gasteiger partial charge >= 0.3 is 0 Å². The van der Waals surface area contributed by atoms with Gasteiger partial charge in [0.15, 0.2) is 0 Å². The van der Waals surface area contributed by atoms with Crippen LogP contribution in [-0.4, -0.2) is 18.8 Å². The van der Waals surface area contributed by atoms with Crippen LogP contribution in [0.3, 0.4) is 0 Å². The quantitative estimate of drug-likeness (QED) is 0.821. The second-order valence-electron chi connectivity index (χ2n) is 4.48. The lowest BCUT2D eigenvalue weighted by atomic mass is 10.1. The second kappa shape index (κ2) is 7.56. The van der Waals surface area contributed by atoms with Crippen LogP contribution >= 0.6 is 0 Å². The highest BCUT2D eigenvalue weighted by Gasteiger charge is 2.07. The van der Waals surface area contributed by atoms with E-state index in [0.717, 1.165) is 17.7 Å². The minimum Gasteiger partial charge on any atom is -0.496 e. The fourth-order valence-corrected chi connectivity index (χ4v) is 1.76. The first kappa shape index (κ1) is 15.2. The van der Waals surface area contributed by atoms with Gasteiger partial charge in [-0.3, -0.25) is 4.79 Å². The van der Waals surface area contributed by atoms with Gasteiger partial charge in [-0.15, -0.1) is 0 Å². The highest BCUT2D eigenvalue weighted by molar-refractivity contribution is 5.83. The number of methoxy groups -OCH3 is 1. The fourth-order valence-electron chi connectivity index (χ4n) is 1.76. The van der Waals surface area contributed by atoms with E-state index < -0.39 is 0 Å². The second-order valence-corrected chi connectivity index (χ2v) is 4.48. The van der Waals surface area contributed by atoms with E-state index in [1.54, 1.807) is 7.11 Å². The molecule has 1 aromatic rings. The van der Waals surface area contributed by atoms with E-state index in [2.05, 4.69) is 12.2 Å². The van der Waals surface area contributed by atoms with Gasteiger partial charge in [0, 0.05) is 24.9 Å². The number of nitrogens with one attached hydrogen (secondary N) is 1. The number of rotatable bonds is 7. The standard InChI is InChI=1S/C15H21NO3/c1-4-12-6-7-14(19-3)13(9-12)10-16-15(18)8-5-11(2)17/h6-7,9H,4-5,8,10H2,1-3H3,(H,16,18). The molecular weight excluding hydrogens is 242 g/mol. The van der Waals surface area contributed by atoms with Crippen LogP contribution in [-0.2, 0) is 22.6 Å². The number of ether oxygens (including phenoxy) is 1. The number of carbonyl (C=O) groups is 2. The third-order valence-corrected chi connectivity index (χ3v) is 2.93. The van der Waals surface area contributed by atoms with Crippen LogP contribution < -0.4 is 10.1 Å². The average Bonchev–Trinajstić information content (AvgIpc) is 2.42. The summed E-state index contributed by atoms with van der Waals surface area (Å²) in [5.41, 5.74) is 2.16. The van der Waals surface area contributed by atoms with Gasteiger partial charge in [-0.1, -0.05) is 19.1 Å². The summed E-state index contributed by atoms with van der Waals surface area (Å²) in [7, 11) is 1.61. The number of hydrogen-bond donors (Lipinski definition) is 1. The largest absolute Gasteiger partial charge is 0.496 e. The maximum Gasteiger partial charge on any atom is 0.220 e. The normalized spacial score (nSPS) is 10.1. The van der Waals surface area contributed by atoms with Gasteiger partial charge in [-0.05, 0) is 25.0 Å². The molecule has 1 amide bonds. The smallest absolute Gasteiger partial charge is 0.220 e. The minimum atomic E-state index is -0.112. The minimum absolute atomic E-state index is 0.0284. The Morgan fingerprint density at radius 3 is 2.58 bits per heavy atom. The molecule has 0 fully saturated rings. The molecule has 0 heterocycles. The summed E-state index contributed by atoms with van der Waals surface area (Å²) in [4.78, 5) is 22.4. The van der Waals surface area contributed by atoms with E-state index in [-0.39, 0.29) is 24.5 Å². The molecule has 0 aliphatic rings. The molecule has 1 rings (SSSR count). The highest BCUT2D eigenvalue weighted by atomic mass is 16.5. The summed E-state index contributed by atoms with van der Waals surface area (Å²) < 4.78 is 5.27. The predicted molar refractivity (Wildman–Crippen MR) is 74.1 cm³/mol. The van der Waals surface area contributed by atoms with Gasteiger partial charge in [0.05, 0.1) is 7.11 Å². The molecule has 4 heteroatoms. The van der Waals surface area contributed by atoms with Crippen molar-refractivity contribution in [3.8, 4) is 5.75 Å². The van der Waals surface area contributed by atoms with Crippen LogP contribution in [0.25, 0.3) is 0 Å². The molecule has 1 aromatic carbocycles. The number of hydrogen-bond acceptors (Lipinski definition) is 3. The fraction of sp³-hybridized carbons (Fsp3) is 0.467. The molecule has 0 unspecified atom stereocenters.